The second kappa shape index (κ2) is 8.15. The third-order valence-corrected chi connectivity index (χ3v) is 8.90. The van der Waals surface area contributed by atoms with E-state index in [1.54, 1.807) is 22.7 Å². The van der Waals surface area contributed by atoms with Gasteiger partial charge in [-0.15, -0.1) is 22.7 Å². The van der Waals surface area contributed by atoms with E-state index in [0.717, 1.165) is 39.4 Å². The van der Waals surface area contributed by atoms with Crippen molar-refractivity contribution in [3.8, 4) is 0 Å². The summed E-state index contributed by atoms with van der Waals surface area (Å²) in [5.41, 5.74) is 4.18. The predicted molar refractivity (Wildman–Crippen MR) is 154 cm³/mol. The first-order chi connectivity index (χ1) is 17.6. The Morgan fingerprint density at radius 2 is 1.06 bits per heavy atom. The minimum absolute atomic E-state index is 0.257. The summed E-state index contributed by atoms with van der Waals surface area (Å²) in [4.78, 5) is 12.8. The molecule has 2 heterocycles. The van der Waals surface area contributed by atoms with E-state index < -0.39 is 0 Å². The molecular weight excluding hydrogens is 480 g/mol. The van der Waals surface area contributed by atoms with Crippen LogP contribution in [0.5, 0.6) is 0 Å². The van der Waals surface area contributed by atoms with Gasteiger partial charge in [-0.2, -0.15) is 0 Å². The minimum Gasteiger partial charge on any atom is -0.331 e. The lowest BCUT2D eigenvalue weighted by Crippen LogP contribution is -2.26. The van der Waals surface area contributed by atoms with Crippen molar-refractivity contribution in [1.82, 2.24) is 9.97 Å². The maximum absolute atomic E-state index is 5.09. The molecule has 0 saturated carbocycles. The van der Waals surface area contributed by atoms with Crippen molar-refractivity contribution in [2.24, 2.45) is 0 Å². The van der Waals surface area contributed by atoms with Gasteiger partial charge in [0.1, 0.15) is 0 Å². The van der Waals surface area contributed by atoms with Crippen molar-refractivity contribution in [3.05, 3.63) is 106 Å². The maximum atomic E-state index is 5.09. The molecule has 0 amide bonds. The molecule has 0 fully saturated rings. The van der Waals surface area contributed by atoms with Crippen molar-refractivity contribution >= 4 is 65.9 Å². The van der Waals surface area contributed by atoms with Gasteiger partial charge in [0.25, 0.3) is 0 Å². The number of hydrogen-bond donors (Lipinski definition) is 2. The number of benzene rings is 4. The first-order valence-corrected chi connectivity index (χ1v) is 13.7. The summed E-state index contributed by atoms with van der Waals surface area (Å²) in [6.07, 6.45) is 0.873. The Kier molecular flexibility index (Phi) is 4.88. The van der Waals surface area contributed by atoms with Crippen molar-refractivity contribution in [2.75, 3.05) is 10.6 Å². The Labute approximate surface area is 217 Å². The zero-order valence-electron chi connectivity index (χ0n) is 20.0. The minimum atomic E-state index is -0.257. The van der Waals surface area contributed by atoms with Crippen molar-refractivity contribution in [2.45, 2.75) is 25.7 Å². The van der Waals surface area contributed by atoms with E-state index in [-0.39, 0.29) is 5.41 Å². The van der Waals surface area contributed by atoms with E-state index in [0.29, 0.717) is 0 Å². The number of hydrogen-bond acceptors (Lipinski definition) is 6. The van der Waals surface area contributed by atoms with Gasteiger partial charge in [-0.25, -0.2) is 9.97 Å². The molecule has 7 rings (SSSR count). The number of anilines is 4. The maximum Gasteiger partial charge on any atom is 0.187 e. The molecule has 2 N–H and O–H groups in total. The SMILES string of the molecule is CC1(C)c2nc(Nc3cccc4ccccc34)sc2Cc2sc(Nc3cccc4ccccc34)nc21. The standard InChI is InChI=1S/C30H24N4S2/c1-30(2)26-24(35-28(33-26)31-22-15-7-11-18-9-3-5-13-20(18)22)17-25-27(30)34-29(36-25)32-23-16-8-12-19-10-4-6-14-21(19)23/h3-16H,17H2,1-2H3,(H,31,33)(H,32,34). The molecule has 0 radical (unpaired) electrons. The molecule has 36 heavy (non-hydrogen) atoms. The summed E-state index contributed by atoms with van der Waals surface area (Å²) in [7, 11) is 0. The lowest BCUT2D eigenvalue weighted by Gasteiger charge is -2.27. The highest BCUT2D eigenvalue weighted by atomic mass is 32.1. The molecule has 1 aliphatic rings. The molecule has 176 valence electrons. The van der Waals surface area contributed by atoms with Crippen molar-refractivity contribution in [3.63, 3.8) is 0 Å². The largest absolute Gasteiger partial charge is 0.331 e. The zero-order valence-corrected chi connectivity index (χ0v) is 21.6. The van der Waals surface area contributed by atoms with Crippen LogP contribution in [-0.4, -0.2) is 9.97 Å². The van der Waals surface area contributed by atoms with Crippen LogP contribution < -0.4 is 10.6 Å². The number of fused-ring (bicyclic) bond motifs is 4. The summed E-state index contributed by atoms with van der Waals surface area (Å²) in [5.74, 6) is 0. The Balaban J connectivity index is 1.21. The molecule has 1 aliphatic carbocycles. The highest BCUT2D eigenvalue weighted by Gasteiger charge is 2.39. The Morgan fingerprint density at radius 1 is 0.611 bits per heavy atom. The first-order valence-electron chi connectivity index (χ1n) is 12.1. The van der Waals surface area contributed by atoms with E-state index in [4.69, 9.17) is 9.97 Å². The molecule has 6 heteroatoms. The average molecular weight is 505 g/mol. The second-order valence-electron chi connectivity index (χ2n) is 9.69. The quantitative estimate of drug-likeness (QED) is 0.252. The first kappa shape index (κ1) is 21.5. The zero-order chi connectivity index (χ0) is 24.3. The summed E-state index contributed by atoms with van der Waals surface area (Å²) in [6, 6.07) is 29.6. The molecule has 4 aromatic carbocycles. The van der Waals surface area contributed by atoms with Crippen LogP contribution in [-0.2, 0) is 11.8 Å². The molecule has 0 saturated heterocycles. The predicted octanol–water partition coefficient (Wildman–Crippen LogP) is 8.62. The summed E-state index contributed by atoms with van der Waals surface area (Å²) in [6.45, 7) is 4.49. The normalized spacial score (nSPS) is 13.9. The van der Waals surface area contributed by atoms with E-state index in [1.165, 1.54) is 31.3 Å². The fourth-order valence-corrected chi connectivity index (χ4v) is 7.57. The van der Waals surface area contributed by atoms with Crippen LogP contribution in [0.3, 0.4) is 0 Å². The lowest BCUT2D eigenvalue weighted by atomic mass is 9.80. The average Bonchev–Trinajstić information content (AvgIpc) is 3.49. The highest BCUT2D eigenvalue weighted by molar-refractivity contribution is 7.17. The van der Waals surface area contributed by atoms with Gasteiger partial charge in [0.05, 0.1) is 16.8 Å². The van der Waals surface area contributed by atoms with Gasteiger partial charge in [0.2, 0.25) is 0 Å². The highest BCUT2D eigenvalue weighted by Crippen LogP contribution is 2.47. The molecule has 0 bridgehead atoms. The van der Waals surface area contributed by atoms with Gasteiger partial charge in [0, 0.05) is 38.3 Å². The fraction of sp³-hybridized carbons (Fsp3) is 0.133. The van der Waals surface area contributed by atoms with Gasteiger partial charge in [0.15, 0.2) is 10.3 Å². The third kappa shape index (κ3) is 3.48. The molecule has 0 atom stereocenters. The van der Waals surface area contributed by atoms with Gasteiger partial charge in [-0.1, -0.05) is 72.8 Å². The number of thiazole rings is 2. The molecule has 0 unspecified atom stereocenters. The van der Waals surface area contributed by atoms with Gasteiger partial charge >= 0.3 is 0 Å². The smallest absolute Gasteiger partial charge is 0.187 e. The number of rotatable bonds is 4. The van der Waals surface area contributed by atoms with Crippen LogP contribution in [0.1, 0.15) is 35.0 Å². The molecule has 6 aromatic rings. The molecular formula is C30H24N4S2. The van der Waals surface area contributed by atoms with E-state index in [1.807, 2.05) is 0 Å². The van der Waals surface area contributed by atoms with E-state index in [9.17, 15) is 0 Å². The number of nitrogens with zero attached hydrogens (tertiary/aromatic N) is 2. The van der Waals surface area contributed by atoms with Crippen LogP contribution in [0.15, 0.2) is 84.9 Å². The van der Waals surface area contributed by atoms with Gasteiger partial charge < -0.3 is 10.6 Å². The summed E-state index contributed by atoms with van der Waals surface area (Å²) < 4.78 is 0. The van der Waals surface area contributed by atoms with Gasteiger partial charge in [-0.05, 0) is 36.8 Å². The molecule has 0 aliphatic heterocycles. The second-order valence-corrected chi connectivity index (χ2v) is 11.9. The van der Waals surface area contributed by atoms with E-state index in [2.05, 4.69) is 109 Å². The Morgan fingerprint density at radius 3 is 1.56 bits per heavy atom. The summed E-state index contributed by atoms with van der Waals surface area (Å²) >= 11 is 3.51. The fourth-order valence-electron chi connectivity index (χ4n) is 5.18. The van der Waals surface area contributed by atoms with Crippen LogP contribution >= 0.6 is 22.7 Å². The Bertz CT molecular complexity index is 1620. The third-order valence-electron chi connectivity index (χ3n) is 6.96. The van der Waals surface area contributed by atoms with Crippen molar-refractivity contribution < 1.29 is 0 Å². The van der Waals surface area contributed by atoms with Crippen molar-refractivity contribution in [1.29, 1.82) is 0 Å². The number of aromatic nitrogens is 2. The van der Waals surface area contributed by atoms with Crippen LogP contribution in [0.25, 0.3) is 21.5 Å². The van der Waals surface area contributed by atoms with Crippen LogP contribution in [0.4, 0.5) is 21.6 Å². The van der Waals surface area contributed by atoms with Gasteiger partial charge in [-0.3, -0.25) is 0 Å². The molecule has 4 nitrogen and oxygen atoms in total. The molecule has 0 spiro atoms. The number of nitrogens with one attached hydrogen (secondary N) is 2. The Hall–Kier alpha value is -3.74. The van der Waals surface area contributed by atoms with Crippen LogP contribution in [0, 0.1) is 0 Å². The summed E-state index contributed by atoms with van der Waals surface area (Å²) in [5, 5.41) is 13.9. The monoisotopic (exact) mass is 504 g/mol. The lowest BCUT2D eigenvalue weighted by molar-refractivity contribution is 0.581. The topological polar surface area (TPSA) is 49.8 Å². The van der Waals surface area contributed by atoms with Crippen LogP contribution in [0.2, 0.25) is 0 Å². The molecule has 2 aromatic heterocycles. The van der Waals surface area contributed by atoms with E-state index >= 15 is 0 Å².